The highest BCUT2D eigenvalue weighted by atomic mass is 15.3. The standard InChI is InChI=1S/C15H12N4/c1-2-6-13(7-3-1)19-17-11-14-9-8-12-5-4-10-16-15(12)18-14/h1-11,19H/b17-11+. The summed E-state index contributed by atoms with van der Waals surface area (Å²) in [6.45, 7) is 0. The molecule has 1 N–H and O–H groups in total. The van der Waals surface area contributed by atoms with E-state index in [2.05, 4.69) is 20.5 Å². The highest BCUT2D eigenvalue weighted by Gasteiger charge is 1.96. The van der Waals surface area contributed by atoms with E-state index in [9.17, 15) is 0 Å². The second-order valence-corrected chi connectivity index (χ2v) is 4.02. The van der Waals surface area contributed by atoms with Gasteiger partial charge in [-0.1, -0.05) is 18.2 Å². The van der Waals surface area contributed by atoms with Crippen LogP contribution >= 0.6 is 0 Å². The topological polar surface area (TPSA) is 50.2 Å². The fourth-order valence-corrected chi connectivity index (χ4v) is 1.73. The average Bonchev–Trinajstić information content (AvgIpc) is 2.48. The van der Waals surface area contributed by atoms with E-state index in [4.69, 9.17) is 0 Å². The summed E-state index contributed by atoms with van der Waals surface area (Å²) in [7, 11) is 0. The van der Waals surface area contributed by atoms with Crippen molar-refractivity contribution in [3.8, 4) is 0 Å². The molecule has 0 aliphatic heterocycles. The molecule has 0 radical (unpaired) electrons. The van der Waals surface area contributed by atoms with Gasteiger partial charge < -0.3 is 0 Å². The molecule has 2 heterocycles. The smallest absolute Gasteiger partial charge is 0.159 e. The Kier molecular flexibility index (Phi) is 3.14. The van der Waals surface area contributed by atoms with Gasteiger partial charge in [0.2, 0.25) is 0 Å². The lowest BCUT2D eigenvalue weighted by atomic mass is 10.2. The van der Waals surface area contributed by atoms with Crippen LogP contribution in [0.1, 0.15) is 5.69 Å². The Balaban J connectivity index is 1.78. The summed E-state index contributed by atoms with van der Waals surface area (Å²) in [6, 6.07) is 17.6. The van der Waals surface area contributed by atoms with E-state index in [0.717, 1.165) is 22.4 Å². The number of anilines is 1. The third-order valence-electron chi connectivity index (χ3n) is 2.65. The van der Waals surface area contributed by atoms with E-state index in [1.54, 1.807) is 12.4 Å². The zero-order valence-electron chi connectivity index (χ0n) is 10.2. The number of hydrogen-bond donors (Lipinski definition) is 1. The van der Waals surface area contributed by atoms with Gasteiger partial charge in [0.15, 0.2) is 5.65 Å². The van der Waals surface area contributed by atoms with Crippen molar-refractivity contribution >= 4 is 22.9 Å². The number of para-hydroxylation sites is 1. The number of hydrazone groups is 1. The number of rotatable bonds is 3. The highest BCUT2D eigenvalue weighted by Crippen LogP contribution is 2.08. The van der Waals surface area contributed by atoms with Crippen LogP contribution in [-0.4, -0.2) is 16.2 Å². The fourth-order valence-electron chi connectivity index (χ4n) is 1.73. The predicted molar refractivity (Wildman–Crippen MR) is 77.2 cm³/mol. The van der Waals surface area contributed by atoms with Crippen molar-refractivity contribution in [1.29, 1.82) is 0 Å². The number of nitrogens with one attached hydrogen (secondary N) is 1. The summed E-state index contributed by atoms with van der Waals surface area (Å²) in [5, 5.41) is 5.18. The summed E-state index contributed by atoms with van der Waals surface area (Å²) in [6.07, 6.45) is 3.42. The Morgan fingerprint density at radius 2 is 1.84 bits per heavy atom. The van der Waals surface area contributed by atoms with Crippen LogP contribution in [0.4, 0.5) is 5.69 Å². The molecule has 1 aromatic carbocycles. The quantitative estimate of drug-likeness (QED) is 0.572. The SMILES string of the molecule is C(=N\Nc1ccccc1)/c1ccc2cccnc2n1. The maximum absolute atomic E-state index is 4.41. The van der Waals surface area contributed by atoms with Crippen LogP contribution in [0, 0.1) is 0 Å². The number of nitrogens with zero attached hydrogens (tertiary/aromatic N) is 3. The molecule has 0 fully saturated rings. The van der Waals surface area contributed by atoms with Crippen molar-refractivity contribution in [2.75, 3.05) is 5.43 Å². The monoisotopic (exact) mass is 248 g/mol. The molecule has 0 atom stereocenters. The molecule has 19 heavy (non-hydrogen) atoms. The molecule has 0 aliphatic carbocycles. The van der Waals surface area contributed by atoms with Gasteiger partial charge in [-0.3, -0.25) is 5.43 Å². The molecule has 0 aliphatic rings. The van der Waals surface area contributed by atoms with Gasteiger partial charge in [-0.15, -0.1) is 0 Å². The molecule has 3 aromatic rings. The number of fused-ring (bicyclic) bond motifs is 1. The third-order valence-corrected chi connectivity index (χ3v) is 2.65. The third kappa shape index (κ3) is 2.74. The van der Waals surface area contributed by atoms with E-state index in [-0.39, 0.29) is 0 Å². The molecule has 92 valence electrons. The summed E-state index contributed by atoms with van der Waals surface area (Å²) in [5.74, 6) is 0. The zero-order valence-corrected chi connectivity index (χ0v) is 10.2. The van der Waals surface area contributed by atoms with Gasteiger partial charge in [0.25, 0.3) is 0 Å². The second kappa shape index (κ2) is 5.27. The molecule has 0 bridgehead atoms. The lowest BCUT2D eigenvalue weighted by Crippen LogP contribution is -1.93. The van der Waals surface area contributed by atoms with E-state index in [1.807, 2.05) is 54.6 Å². The Morgan fingerprint density at radius 1 is 0.947 bits per heavy atom. The molecule has 3 rings (SSSR count). The van der Waals surface area contributed by atoms with E-state index in [0.29, 0.717) is 0 Å². The molecule has 0 saturated carbocycles. The second-order valence-electron chi connectivity index (χ2n) is 4.02. The van der Waals surface area contributed by atoms with Crippen molar-refractivity contribution in [3.63, 3.8) is 0 Å². The van der Waals surface area contributed by atoms with Gasteiger partial charge in [0.1, 0.15) is 0 Å². The van der Waals surface area contributed by atoms with Crippen molar-refractivity contribution in [3.05, 3.63) is 66.5 Å². The van der Waals surface area contributed by atoms with Crippen molar-refractivity contribution in [2.45, 2.75) is 0 Å². The molecule has 4 heteroatoms. The van der Waals surface area contributed by atoms with Crippen LogP contribution in [0.3, 0.4) is 0 Å². The van der Waals surface area contributed by atoms with E-state index < -0.39 is 0 Å². The first-order valence-electron chi connectivity index (χ1n) is 5.98. The van der Waals surface area contributed by atoms with Crippen LogP contribution < -0.4 is 5.43 Å². The first kappa shape index (κ1) is 11.3. The summed E-state index contributed by atoms with van der Waals surface area (Å²) < 4.78 is 0. The van der Waals surface area contributed by atoms with E-state index in [1.165, 1.54) is 0 Å². The van der Waals surface area contributed by atoms with Crippen LogP contribution in [0.5, 0.6) is 0 Å². The van der Waals surface area contributed by atoms with Gasteiger partial charge in [-0.2, -0.15) is 5.10 Å². The minimum Gasteiger partial charge on any atom is -0.278 e. The first-order chi connectivity index (χ1) is 9.42. The molecule has 0 saturated heterocycles. The lowest BCUT2D eigenvalue weighted by molar-refractivity contribution is 1.26. The molecular weight excluding hydrogens is 236 g/mol. The number of aromatic nitrogens is 2. The van der Waals surface area contributed by atoms with Crippen LogP contribution in [-0.2, 0) is 0 Å². The maximum Gasteiger partial charge on any atom is 0.159 e. The Bertz CT molecular complexity index is 707. The van der Waals surface area contributed by atoms with Gasteiger partial charge in [-0.25, -0.2) is 9.97 Å². The summed E-state index contributed by atoms with van der Waals surface area (Å²) in [4.78, 5) is 8.62. The number of hydrogen-bond acceptors (Lipinski definition) is 4. The summed E-state index contributed by atoms with van der Waals surface area (Å²) in [5.41, 5.74) is 5.39. The average molecular weight is 248 g/mol. The van der Waals surface area contributed by atoms with Crippen LogP contribution in [0.25, 0.3) is 11.0 Å². The normalized spacial score (nSPS) is 10.9. The minimum atomic E-state index is 0.728. The minimum absolute atomic E-state index is 0.728. The fraction of sp³-hybridized carbons (Fsp3) is 0. The van der Waals surface area contributed by atoms with Crippen molar-refractivity contribution in [1.82, 2.24) is 9.97 Å². The molecular formula is C15H12N4. The van der Waals surface area contributed by atoms with Gasteiger partial charge in [0, 0.05) is 11.6 Å². The first-order valence-corrected chi connectivity index (χ1v) is 5.98. The predicted octanol–water partition coefficient (Wildman–Crippen LogP) is 3.08. The van der Waals surface area contributed by atoms with Crippen LogP contribution in [0.15, 0.2) is 65.9 Å². The molecule has 0 unspecified atom stereocenters. The summed E-state index contributed by atoms with van der Waals surface area (Å²) >= 11 is 0. The lowest BCUT2D eigenvalue weighted by Gasteiger charge is -1.99. The van der Waals surface area contributed by atoms with Crippen molar-refractivity contribution in [2.24, 2.45) is 5.10 Å². The Hall–Kier alpha value is -2.75. The zero-order chi connectivity index (χ0) is 12.9. The molecule has 4 nitrogen and oxygen atoms in total. The highest BCUT2D eigenvalue weighted by molar-refractivity contribution is 5.83. The number of benzene rings is 1. The largest absolute Gasteiger partial charge is 0.278 e. The number of pyridine rings is 2. The van der Waals surface area contributed by atoms with Gasteiger partial charge in [-0.05, 0) is 36.4 Å². The Morgan fingerprint density at radius 3 is 2.74 bits per heavy atom. The van der Waals surface area contributed by atoms with Crippen LogP contribution in [0.2, 0.25) is 0 Å². The molecule has 0 amide bonds. The molecule has 0 spiro atoms. The van der Waals surface area contributed by atoms with Crippen molar-refractivity contribution < 1.29 is 0 Å². The molecule has 2 aromatic heterocycles. The Labute approximate surface area is 110 Å². The van der Waals surface area contributed by atoms with Gasteiger partial charge >= 0.3 is 0 Å². The van der Waals surface area contributed by atoms with Gasteiger partial charge in [0.05, 0.1) is 17.6 Å². The van der Waals surface area contributed by atoms with E-state index >= 15 is 0 Å². The maximum atomic E-state index is 4.41.